The predicted molar refractivity (Wildman–Crippen MR) is 144 cm³/mol. The van der Waals surface area contributed by atoms with Crippen molar-refractivity contribution in [2.75, 3.05) is 25.5 Å². The fourth-order valence-corrected chi connectivity index (χ4v) is 3.95. The molecule has 0 fully saturated rings. The van der Waals surface area contributed by atoms with Crippen LogP contribution >= 0.6 is 0 Å². The second-order valence-corrected chi connectivity index (χ2v) is 11.5. The van der Waals surface area contributed by atoms with E-state index in [9.17, 15) is 19.2 Å². The summed E-state index contributed by atoms with van der Waals surface area (Å²) >= 11 is 0. The number of alkyl carbamates (subject to hydrolysis) is 1. The Kier molecular flexibility index (Phi) is 11.0. The number of hydrogen-bond acceptors (Lipinski definition) is 8. The lowest BCUT2D eigenvalue weighted by Gasteiger charge is -2.24. The highest BCUT2D eigenvalue weighted by Crippen LogP contribution is 2.27. The Hall–Kier alpha value is -3.30. The number of ether oxygens (including phenoxy) is 3. The van der Waals surface area contributed by atoms with Gasteiger partial charge in [0.15, 0.2) is 0 Å². The van der Waals surface area contributed by atoms with Crippen LogP contribution in [0.15, 0.2) is 18.2 Å². The minimum Gasteiger partial charge on any atom is -0.469 e. The van der Waals surface area contributed by atoms with Crippen molar-refractivity contribution in [3.63, 3.8) is 0 Å². The van der Waals surface area contributed by atoms with Crippen LogP contribution in [-0.2, 0) is 30.3 Å². The molecule has 2 N–H and O–H groups in total. The maximum absolute atomic E-state index is 13.3. The monoisotopic (exact) mass is 533 g/mol. The summed E-state index contributed by atoms with van der Waals surface area (Å²) < 4.78 is 15.5. The number of unbranched alkanes of at least 4 members (excludes halogenated alkanes) is 3. The molecular formula is C28H43N3O7. The number of nitrogens with one attached hydrogen (secondary N) is 2. The highest BCUT2D eigenvalue weighted by molar-refractivity contribution is 5.93. The van der Waals surface area contributed by atoms with E-state index in [-0.39, 0.29) is 12.3 Å². The molecule has 0 saturated heterocycles. The van der Waals surface area contributed by atoms with Crippen molar-refractivity contribution in [1.82, 2.24) is 10.2 Å². The van der Waals surface area contributed by atoms with Gasteiger partial charge in [-0.3, -0.25) is 9.59 Å². The zero-order chi connectivity index (χ0) is 28.5. The average molecular weight is 534 g/mol. The number of nitrogens with zero attached hydrogens (tertiary/aromatic N) is 1. The highest BCUT2D eigenvalue weighted by Gasteiger charge is 2.31. The molecule has 0 aliphatic carbocycles. The summed E-state index contributed by atoms with van der Waals surface area (Å²) in [4.78, 5) is 51.4. The molecule has 1 atom stereocenters. The van der Waals surface area contributed by atoms with Gasteiger partial charge in [-0.25, -0.2) is 9.59 Å². The predicted octanol–water partition coefficient (Wildman–Crippen LogP) is 4.41. The Morgan fingerprint density at radius 1 is 1.00 bits per heavy atom. The van der Waals surface area contributed by atoms with E-state index < -0.39 is 35.3 Å². The third-order valence-electron chi connectivity index (χ3n) is 5.66. The molecule has 0 radical (unpaired) electrons. The Labute approximate surface area is 225 Å². The maximum Gasteiger partial charge on any atom is 0.407 e. The van der Waals surface area contributed by atoms with E-state index in [1.165, 1.54) is 7.11 Å². The molecule has 38 heavy (non-hydrogen) atoms. The van der Waals surface area contributed by atoms with Crippen LogP contribution in [0, 0.1) is 0 Å². The van der Waals surface area contributed by atoms with Gasteiger partial charge in [0.1, 0.15) is 17.2 Å². The molecule has 1 aromatic carbocycles. The molecule has 0 spiro atoms. The number of carbonyl (C=O) groups excluding carboxylic acids is 4. The van der Waals surface area contributed by atoms with E-state index in [2.05, 4.69) is 10.6 Å². The van der Waals surface area contributed by atoms with Crippen LogP contribution < -0.4 is 10.6 Å². The summed E-state index contributed by atoms with van der Waals surface area (Å²) in [7, 11) is 1.29. The second kappa shape index (κ2) is 13.5. The first-order valence-corrected chi connectivity index (χ1v) is 13.1. The van der Waals surface area contributed by atoms with Crippen LogP contribution in [0.5, 0.6) is 0 Å². The van der Waals surface area contributed by atoms with Gasteiger partial charge >= 0.3 is 18.0 Å². The van der Waals surface area contributed by atoms with E-state index in [0.29, 0.717) is 30.9 Å². The SMILES string of the molecule is COC(=O)C[C@@H]1Nc2ccc(C(=O)OC(C)(C)C)cc2CN(CCCCCCNC(=O)OC(C)(C)C)C1=O. The minimum absolute atomic E-state index is 0.102. The molecule has 0 aromatic heterocycles. The number of hydrogen-bond donors (Lipinski definition) is 2. The van der Waals surface area contributed by atoms with Crippen molar-refractivity contribution < 1.29 is 33.4 Å². The molecule has 212 valence electrons. The van der Waals surface area contributed by atoms with E-state index >= 15 is 0 Å². The molecule has 0 bridgehead atoms. The van der Waals surface area contributed by atoms with Crippen LogP contribution in [0.1, 0.15) is 89.6 Å². The van der Waals surface area contributed by atoms with Crippen molar-refractivity contribution >= 4 is 29.6 Å². The van der Waals surface area contributed by atoms with Gasteiger partial charge < -0.3 is 29.7 Å². The summed E-state index contributed by atoms with van der Waals surface area (Å²) in [5, 5.41) is 5.92. The van der Waals surface area contributed by atoms with Crippen molar-refractivity contribution in [1.29, 1.82) is 0 Å². The summed E-state index contributed by atoms with van der Waals surface area (Å²) in [5.74, 6) is -1.12. The minimum atomic E-state index is -0.769. The van der Waals surface area contributed by atoms with Crippen molar-refractivity contribution in [2.45, 2.75) is 97.4 Å². The zero-order valence-electron chi connectivity index (χ0n) is 23.8. The van der Waals surface area contributed by atoms with Gasteiger partial charge in [-0.15, -0.1) is 0 Å². The normalized spacial score (nSPS) is 15.6. The molecule has 2 amide bonds. The third kappa shape index (κ3) is 10.6. The standard InChI is InChI=1S/C28H43N3O7/c1-27(2,3)37-25(34)19-12-13-21-20(16-19)18-31(24(33)22(30-21)17-23(32)36-7)15-11-9-8-10-14-29-26(35)38-28(4,5)6/h12-13,16,22,30H,8-11,14-15,17-18H2,1-7H3,(H,29,35)/t22-/m0/s1. The van der Waals surface area contributed by atoms with Crippen molar-refractivity contribution in [3.05, 3.63) is 29.3 Å². The Morgan fingerprint density at radius 2 is 1.66 bits per heavy atom. The maximum atomic E-state index is 13.3. The molecule has 10 heteroatoms. The number of esters is 2. The second-order valence-electron chi connectivity index (χ2n) is 11.5. The molecule has 10 nitrogen and oxygen atoms in total. The molecule has 0 unspecified atom stereocenters. The first-order chi connectivity index (χ1) is 17.7. The molecule has 1 aliphatic heterocycles. The number of fused-ring (bicyclic) bond motifs is 1. The van der Waals surface area contributed by atoms with Crippen LogP contribution in [0.3, 0.4) is 0 Å². The lowest BCUT2D eigenvalue weighted by Crippen LogP contribution is -2.42. The topological polar surface area (TPSA) is 123 Å². The van der Waals surface area contributed by atoms with Gasteiger partial charge in [-0.2, -0.15) is 0 Å². The van der Waals surface area contributed by atoms with Gasteiger partial charge in [-0.1, -0.05) is 12.8 Å². The van der Waals surface area contributed by atoms with Crippen molar-refractivity contribution in [3.8, 4) is 0 Å². The Balaban J connectivity index is 2.01. The molecular weight excluding hydrogens is 490 g/mol. The summed E-state index contributed by atoms with van der Waals surface area (Å²) in [5.41, 5.74) is 0.706. The van der Waals surface area contributed by atoms with Gasteiger partial charge in [0.05, 0.1) is 19.1 Å². The Bertz CT molecular complexity index is 995. The van der Waals surface area contributed by atoms with E-state index in [4.69, 9.17) is 14.2 Å². The number of carbonyl (C=O) groups is 4. The number of methoxy groups -OCH3 is 1. The Morgan fingerprint density at radius 3 is 2.29 bits per heavy atom. The summed E-state index contributed by atoms with van der Waals surface area (Å²) in [6.45, 7) is 12.2. The van der Waals surface area contributed by atoms with Crippen molar-refractivity contribution in [2.24, 2.45) is 0 Å². The van der Waals surface area contributed by atoms with Gasteiger partial charge in [0, 0.05) is 25.3 Å². The van der Waals surface area contributed by atoms with Crippen LogP contribution in [0.4, 0.5) is 10.5 Å². The fourth-order valence-electron chi connectivity index (χ4n) is 3.95. The van der Waals surface area contributed by atoms with E-state index in [1.807, 2.05) is 20.8 Å². The summed E-state index contributed by atoms with van der Waals surface area (Å²) in [6, 6.07) is 4.36. The fraction of sp³-hybridized carbons (Fsp3) is 0.643. The van der Waals surface area contributed by atoms with E-state index in [0.717, 1.165) is 31.2 Å². The third-order valence-corrected chi connectivity index (χ3v) is 5.66. The smallest absolute Gasteiger partial charge is 0.407 e. The zero-order valence-corrected chi connectivity index (χ0v) is 23.8. The number of amides is 2. The quantitative estimate of drug-likeness (QED) is 0.258. The molecule has 0 saturated carbocycles. The number of rotatable bonds is 10. The largest absolute Gasteiger partial charge is 0.469 e. The lowest BCUT2D eigenvalue weighted by molar-refractivity contribution is -0.144. The average Bonchev–Trinajstić information content (AvgIpc) is 2.92. The van der Waals surface area contributed by atoms with Crippen LogP contribution in [0.2, 0.25) is 0 Å². The first kappa shape index (κ1) is 30.9. The highest BCUT2D eigenvalue weighted by atomic mass is 16.6. The number of anilines is 1. The summed E-state index contributed by atoms with van der Waals surface area (Å²) in [6.07, 6.45) is 2.75. The molecule has 2 rings (SSSR count). The lowest BCUT2D eigenvalue weighted by atomic mass is 10.1. The molecule has 1 heterocycles. The van der Waals surface area contributed by atoms with Crippen LogP contribution in [0.25, 0.3) is 0 Å². The van der Waals surface area contributed by atoms with Gasteiger partial charge in [0.25, 0.3) is 0 Å². The first-order valence-electron chi connectivity index (χ1n) is 13.1. The van der Waals surface area contributed by atoms with Crippen LogP contribution in [-0.4, -0.2) is 66.3 Å². The molecule has 1 aromatic rings. The van der Waals surface area contributed by atoms with Gasteiger partial charge in [0.2, 0.25) is 5.91 Å². The molecule has 1 aliphatic rings. The van der Waals surface area contributed by atoms with E-state index in [1.54, 1.807) is 43.9 Å². The van der Waals surface area contributed by atoms with Gasteiger partial charge in [-0.05, 0) is 78.1 Å². The number of benzene rings is 1.